The molecule has 0 aliphatic heterocycles. The van der Waals surface area contributed by atoms with E-state index in [1.165, 1.54) is 31.3 Å². The number of aromatic nitrogens is 2. The van der Waals surface area contributed by atoms with Crippen molar-refractivity contribution in [1.82, 2.24) is 9.78 Å². The monoisotopic (exact) mass is 397 g/mol. The van der Waals surface area contributed by atoms with Crippen LogP contribution in [0.2, 0.25) is 0 Å². The molecule has 5 nitrogen and oxygen atoms in total. The molecule has 10 heteroatoms. The zero-order valence-electron chi connectivity index (χ0n) is 14.2. The molecule has 1 amide bonds. The maximum Gasteiger partial charge on any atom is 0.438 e. The molecule has 0 aliphatic rings. The Kier molecular flexibility index (Phi) is 4.80. The number of primary amides is 1. The van der Waals surface area contributed by atoms with Crippen molar-refractivity contribution >= 4 is 6.09 Å². The Labute approximate surface area is 155 Å². The van der Waals surface area contributed by atoms with E-state index in [1.807, 2.05) is 0 Å². The van der Waals surface area contributed by atoms with Gasteiger partial charge in [0.1, 0.15) is 17.3 Å². The summed E-state index contributed by atoms with van der Waals surface area (Å²) in [6.07, 6.45) is -6.42. The van der Waals surface area contributed by atoms with Crippen molar-refractivity contribution in [1.29, 1.82) is 0 Å². The first-order valence-corrected chi connectivity index (χ1v) is 7.76. The van der Waals surface area contributed by atoms with Gasteiger partial charge < -0.3 is 10.5 Å². The number of hydrogen-bond acceptors (Lipinski definition) is 3. The van der Waals surface area contributed by atoms with Crippen LogP contribution in [0.5, 0.6) is 5.75 Å². The van der Waals surface area contributed by atoms with E-state index < -0.39 is 35.3 Å². The molecule has 1 heterocycles. The predicted octanol–water partition coefficient (Wildman–Crippen LogP) is 4.51. The van der Waals surface area contributed by atoms with Gasteiger partial charge in [-0.25, -0.2) is 13.6 Å². The summed E-state index contributed by atoms with van der Waals surface area (Å²) >= 11 is 0. The smallest absolute Gasteiger partial charge is 0.406 e. The molecule has 0 saturated carbocycles. The molecular weight excluding hydrogens is 385 g/mol. The summed E-state index contributed by atoms with van der Waals surface area (Å²) in [7, 11) is 1.19. The highest BCUT2D eigenvalue weighted by molar-refractivity contribution is 5.86. The van der Waals surface area contributed by atoms with Crippen LogP contribution in [0, 0.1) is 11.6 Å². The molecule has 3 aromatic rings. The molecule has 0 spiro atoms. The maximum atomic E-state index is 14.3. The van der Waals surface area contributed by atoms with Crippen LogP contribution in [-0.4, -0.2) is 15.9 Å². The number of nitrogens with two attached hydrogens (primary N) is 1. The lowest BCUT2D eigenvalue weighted by Crippen LogP contribution is -2.19. The Bertz CT molecular complexity index is 1060. The van der Waals surface area contributed by atoms with E-state index in [0.717, 1.165) is 22.9 Å². The summed E-state index contributed by atoms with van der Waals surface area (Å²) in [5, 5.41) is 3.38. The van der Waals surface area contributed by atoms with E-state index in [1.54, 1.807) is 0 Å². The summed E-state index contributed by atoms with van der Waals surface area (Å²) in [5.41, 5.74) is 3.09. The van der Waals surface area contributed by atoms with Crippen LogP contribution in [0.25, 0.3) is 22.4 Å². The Balaban J connectivity index is 2.33. The molecule has 0 fully saturated rings. The molecule has 2 N–H and O–H groups in total. The molecule has 0 radical (unpaired) electrons. The number of hydrogen-bond donors (Lipinski definition) is 1. The van der Waals surface area contributed by atoms with Crippen molar-refractivity contribution in [2.75, 3.05) is 0 Å². The highest BCUT2D eigenvalue weighted by Gasteiger charge is 2.41. The number of aryl methyl sites for hydroxylation is 1. The molecule has 0 atom stereocenters. The Morgan fingerprint density at radius 2 is 1.71 bits per heavy atom. The van der Waals surface area contributed by atoms with Gasteiger partial charge in [0.25, 0.3) is 0 Å². The summed E-state index contributed by atoms with van der Waals surface area (Å²) in [5.74, 6) is -2.45. The molecule has 3 rings (SSSR count). The van der Waals surface area contributed by atoms with E-state index in [4.69, 9.17) is 5.73 Å². The van der Waals surface area contributed by atoms with Gasteiger partial charge in [0.2, 0.25) is 5.69 Å². The first-order chi connectivity index (χ1) is 13.1. The van der Waals surface area contributed by atoms with E-state index in [0.29, 0.717) is 0 Å². The molecule has 0 bridgehead atoms. The van der Waals surface area contributed by atoms with E-state index in [-0.39, 0.29) is 22.4 Å². The van der Waals surface area contributed by atoms with Crippen LogP contribution < -0.4 is 10.5 Å². The van der Waals surface area contributed by atoms with Crippen LogP contribution in [-0.2, 0) is 13.2 Å². The van der Waals surface area contributed by atoms with E-state index >= 15 is 0 Å². The van der Waals surface area contributed by atoms with Gasteiger partial charge in [0.15, 0.2) is 5.75 Å². The lowest BCUT2D eigenvalue weighted by Gasteiger charge is -2.13. The van der Waals surface area contributed by atoms with Crippen LogP contribution in [0.15, 0.2) is 42.5 Å². The number of carbonyl (C=O) groups is 1. The van der Waals surface area contributed by atoms with Crippen LogP contribution in [0.1, 0.15) is 5.69 Å². The van der Waals surface area contributed by atoms with Crippen molar-refractivity contribution in [2.24, 2.45) is 12.8 Å². The number of halogens is 5. The highest BCUT2D eigenvalue weighted by Crippen LogP contribution is 2.44. The standard InChI is InChI=1S/C18H12F5N3O2/c1-26-14(15(28-17(24)27)16(25-26)18(21,22)23)11-5-3-2-4-10(11)12-8-9(19)6-7-13(12)20/h2-8H,1H3,(H2,24,27). The van der Waals surface area contributed by atoms with Gasteiger partial charge in [0, 0.05) is 18.2 Å². The first-order valence-electron chi connectivity index (χ1n) is 7.76. The molecule has 28 heavy (non-hydrogen) atoms. The normalized spacial score (nSPS) is 11.5. The lowest BCUT2D eigenvalue weighted by molar-refractivity contribution is -0.142. The molecular formula is C18H12F5N3O2. The third kappa shape index (κ3) is 3.53. The second-order valence-electron chi connectivity index (χ2n) is 5.74. The van der Waals surface area contributed by atoms with Gasteiger partial charge in [-0.1, -0.05) is 24.3 Å². The lowest BCUT2D eigenvalue weighted by atomic mass is 9.96. The average molecular weight is 397 g/mol. The second-order valence-corrected chi connectivity index (χ2v) is 5.74. The summed E-state index contributed by atoms with van der Waals surface area (Å²) in [4.78, 5) is 11.2. The fourth-order valence-corrected chi connectivity index (χ4v) is 2.81. The fourth-order valence-electron chi connectivity index (χ4n) is 2.81. The van der Waals surface area contributed by atoms with Gasteiger partial charge in [-0.2, -0.15) is 18.3 Å². The van der Waals surface area contributed by atoms with Gasteiger partial charge >= 0.3 is 12.3 Å². The summed E-state index contributed by atoms with van der Waals surface area (Å²) < 4.78 is 73.3. The number of nitrogens with zero attached hydrogens (tertiary/aromatic N) is 2. The minimum atomic E-state index is -4.94. The number of carbonyl (C=O) groups excluding carboxylic acids is 1. The molecule has 0 saturated heterocycles. The summed E-state index contributed by atoms with van der Waals surface area (Å²) in [6.45, 7) is 0. The van der Waals surface area contributed by atoms with Gasteiger partial charge in [-0.3, -0.25) is 4.68 Å². The summed E-state index contributed by atoms with van der Waals surface area (Å²) in [6, 6.07) is 8.45. The topological polar surface area (TPSA) is 70.1 Å². The Morgan fingerprint density at radius 1 is 1.07 bits per heavy atom. The third-order valence-corrected chi connectivity index (χ3v) is 3.88. The zero-order chi connectivity index (χ0) is 20.6. The number of benzene rings is 2. The van der Waals surface area contributed by atoms with E-state index in [2.05, 4.69) is 9.84 Å². The minimum Gasteiger partial charge on any atom is -0.406 e. The van der Waals surface area contributed by atoms with Crippen molar-refractivity contribution in [3.8, 4) is 28.1 Å². The number of amides is 1. The molecule has 146 valence electrons. The van der Waals surface area contributed by atoms with Gasteiger partial charge in [-0.15, -0.1) is 0 Å². The maximum absolute atomic E-state index is 14.3. The molecule has 2 aromatic carbocycles. The van der Waals surface area contributed by atoms with Crippen LogP contribution >= 0.6 is 0 Å². The van der Waals surface area contributed by atoms with Gasteiger partial charge in [-0.05, 0) is 23.8 Å². The number of ether oxygens (including phenoxy) is 1. The predicted molar refractivity (Wildman–Crippen MR) is 89.2 cm³/mol. The zero-order valence-corrected chi connectivity index (χ0v) is 14.2. The minimum absolute atomic E-state index is 0.0359. The van der Waals surface area contributed by atoms with Crippen molar-refractivity contribution in [2.45, 2.75) is 6.18 Å². The average Bonchev–Trinajstić information content (AvgIpc) is 2.93. The van der Waals surface area contributed by atoms with Gasteiger partial charge in [0.05, 0.1) is 0 Å². The van der Waals surface area contributed by atoms with Crippen LogP contribution in [0.4, 0.5) is 26.7 Å². The number of alkyl halides is 3. The van der Waals surface area contributed by atoms with Crippen LogP contribution in [0.3, 0.4) is 0 Å². The molecule has 1 aromatic heterocycles. The van der Waals surface area contributed by atoms with Crippen molar-refractivity contribution < 1.29 is 31.5 Å². The Hall–Kier alpha value is -3.43. The quantitative estimate of drug-likeness (QED) is 0.662. The third-order valence-electron chi connectivity index (χ3n) is 3.88. The highest BCUT2D eigenvalue weighted by atomic mass is 19.4. The Morgan fingerprint density at radius 3 is 2.32 bits per heavy atom. The molecule has 0 aliphatic carbocycles. The molecule has 0 unspecified atom stereocenters. The SMILES string of the molecule is Cn1nc(C(F)(F)F)c(OC(N)=O)c1-c1ccccc1-c1cc(F)ccc1F. The first kappa shape index (κ1) is 19.3. The van der Waals surface area contributed by atoms with E-state index in [9.17, 15) is 26.7 Å². The second kappa shape index (κ2) is 6.95. The largest absolute Gasteiger partial charge is 0.438 e. The van der Waals surface area contributed by atoms with Crippen molar-refractivity contribution in [3.63, 3.8) is 0 Å². The fraction of sp³-hybridized carbons (Fsp3) is 0.111. The number of rotatable bonds is 3. The van der Waals surface area contributed by atoms with Crippen molar-refractivity contribution in [3.05, 3.63) is 59.8 Å².